The lowest BCUT2D eigenvalue weighted by Crippen LogP contribution is -2.41. The molecule has 0 aromatic rings. The van der Waals surface area contributed by atoms with Crippen molar-refractivity contribution in [3.63, 3.8) is 0 Å². The summed E-state index contributed by atoms with van der Waals surface area (Å²) in [5.41, 5.74) is 0. The summed E-state index contributed by atoms with van der Waals surface area (Å²) in [6, 6.07) is -0.795. The molecule has 6 nitrogen and oxygen atoms in total. The summed E-state index contributed by atoms with van der Waals surface area (Å²) >= 11 is 0. The number of carbonyl (C=O) groups is 3. The molecular formula is C11H19NO5. The van der Waals surface area contributed by atoms with Crippen LogP contribution in [0.5, 0.6) is 0 Å². The summed E-state index contributed by atoms with van der Waals surface area (Å²) in [5, 5.41) is 2.44. The molecule has 0 unspecified atom stereocenters. The van der Waals surface area contributed by atoms with Crippen LogP contribution in [-0.2, 0) is 23.9 Å². The molecule has 0 saturated heterocycles. The maximum atomic E-state index is 11.5. The predicted octanol–water partition coefficient (Wildman–Crippen LogP) is 0.397. The van der Waals surface area contributed by atoms with Crippen molar-refractivity contribution in [2.24, 2.45) is 0 Å². The van der Waals surface area contributed by atoms with E-state index >= 15 is 0 Å². The second kappa shape index (κ2) is 8.55. The zero-order valence-electron chi connectivity index (χ0n) is 10.4. The lowest BCUT2D eigenvalue weighted by molar-refractivity contribution is -0.148. The summed E-state index contributed by atoms with van der Waals surface area (Å²) in [5.74, 6) is -1.27. The van der Waals surface area contributed by atoms with Crippen LogP contribution >= 0.6 is 0 Å². The second-order valence-corrected chi connectivity index (χ2v) is 3.35. The van der Waals surface area contributed by atoms with Crippen LogP contribution in [0.3, 0.4) is 0 Å². The minimum atomic E-state index is -0.795. The third kappa shape index (κ3) is 7.32. The fraction of sp³-hybridized carbons (Fsp3) is 0.727. The maximum Gasteiger partial charge on any atom is 0.328 e. The molecule has 0 aliphatic carbocycles. The summed E-state index contributed by atoms with van der Waals surface area (Å²) in [6.07, 6.45) is 0.245. The van der Waals surface area contributed by atoms with Crippen molar-refractivity contribution in [3.8, 4) is 0 Å². The zero-order chi connectivity index (χ0) is 13.3. The molecule has 17 heavy (non-hydrogen) atoms. The van der Waals surface area contributed by atoms with Gasteiger partial charge in [-0.05, 0) is 20.3 Å². The Kier molecular flexibility index (Phi) is 7.75. The summed E-state index contributed by atoms with van der Waals surface area (Å²) < 4.78 is 9.52. The lowest BCUT2D eigenvalue weighted by Gasteiger charge is -2.15. The first-order chi connectivity index (χ1) is 8.01. The van der Waals surface area contributed by atoms with Crippen LogP contribution in [-0.4, -0.2) is 37.1 Å². The van der Waals surface area contributed by atoms with E-state index in [1.807, 2.05) is 0 Å². The van der Waals surface area contributed by atoms with E-state index in [1.165, 1.54) is 6.92 Å². The first kappa shape index (κ1) is 15.4. The molecule has 0 aliphatic rings. The van der Waals surface area contributed by atoms with Crippen molar-refractivity contribution >= 4 is 17.8 Å². The molecule has 98 valence electrons. The van der Waals surface area contributed by atoms with Crippen LogP contribution in [0.25, 0.3) is 0 Å². The van der Waals surface area contributed by atoms with Crippen LogP contribution in [0.15, 0.2) is 0 Å². The minimum Gasteiger partial charge on any atom is -0.466 e. The average Bonchev–Trinajstić information content (AvgIpc) is 2.24. The molecule has 0 saturated carbocycles. The van der Waals surface area contributed by atoms with Crippen LogP contribution < -0.4 is 5.32 Å². The van der Waals surface area contributed by atoms with Crippen molar-refractivity contribution < 1.29 is 23.9 Å². The van der Waals surface area contributed by atoms with Gasteiger partial charge in [-0.15, -0.1) is 0 Å². The number of ether oxygens (including phenoxy) is 2. The molecule has 0 aromatic heterocycles. The molecule has 6 heteroatoms. The molecule has 1 N–H and O–H groups in total. The van der Waals surface area contributed by atoms with E-state index in [9.17, 15) is 14.4 Å². The van der Waals surface area contributed by atoms with E-state index in [1.54, 1.807) is 13.8 Å². The van der Waals surface area contributed by atoms with Crippen molar-refractivity contribution in [2.75, 3.05) is 13.2 Å². The van der Waals surface area contributed by atoms with Crippen LogP contribution in [0.1, 0.15) is 33.6 Å². The molecular weight excluding hydrogens is 226 g/mol. The number of carbonyl (C=O) groups excluding carboxylic acids is 3. The lowest BCUT2D eigenvalue weighted by atomic mass is 10.1. The number of hydrogen-bond acceptors (Lipinski definition) is 5. The summed E-state index contributed by atoms with van der Waals surface area (Å²) in [7, 11) is 0. The fourth-order valence-electron chi connectivity index (χ4n) is 1.23. The SMILES string of the molecule is CCOC(=O)CC[C@@H](NC(C)=O)C(=O)OCC. The fourth-order valence-corrected chi connectivity index (χ4v) is 1.23. The molecule has 0 radical (unpaired) electrons. The van der Waals surface area contributed by atoms with Gasteiger partial charge in [-0.2, -0.15) is 0 Å². The molecule has 0 aromatic carbocycles. The highest BCUT2D eigenvalue weighted by atomic mass is 16.5. The first-order valence-corrected chi connectivity index (χ1v) is 5.60. The zero-order valence-corrected chi connectivity index (χ0v) is 10.4. The van der Waals surface area contributed by atoms with Gasteiger partial charge >= 0.3 is 11.9 Å². The minimum absolute atomic E-state index is 0.0671. The molecule has 0 spiro atoms. The van der Waals surface area contributed by atoms with Gasteiger partial charge in [-0.1, -0.05) is 0 Å². The third-order valence-electron chi connectivity index (χ3n) is 1.89. The topological polar surface area (TPSA) is 81.7 Å². The Hall–Kier alpha value is -1.59. The van der Waals surface area contributed by atoms with Gasteiger partial charge < -0.3 is 14.8 Å². The van der Waals surface area contributed by atoms with Crippen molar-refractivity contribution in [1.29, 1.82) is 0 Å². The summed E-state index contributed by atoms with van der Waals surface area (Å²) in [6.45, 7) is 5.20. The van der Waals surface area contributed by atoms with Gasteiger partial charge in [0.25, 0.3) is 0 Å². The molecule has 0 rings (SSSR count). The van der Waals surface area contributed by atoms with E-state index < -0.39 is 18.0 Å². The Morgan fingerprint density at radius 2 is 1.71 bits per heavy atom. The number of esters is 2. The number of rotatable bonds is 7. The molecule has 1 amide bonds. The smallest absolute Gasteiger partial charge is 0.328 e. The Morgan fingerprint density at radius 1 is 1.12 bits per heavy atom. The van der Waals surface area contributed by atoms with E-state index in [0.29, 0.717) is 6.61 Å². The summed E-state index contributed by atoms with van der Waals surface area (Å²) in [4.78, 5) is 33.5. The highest BCUT2D eigenvalue weighted by Gasteiger charge is 2.21. The first-order valence-electron chi connectivity index (χ1n) is 5.60. The van der Waals surface area contributed by atoms with Gasteiger partial charge in [-0.3, -0.25) is 9.59 Å². The van der Waals surface area contributed by atoms with Gasteiger partial charge in [-0.25, -0.2) is 4.79 Å². The Balaban J connectivity index is 4.23. The van der Waals surface area contributed by atoms with Crippen LogP contribution in [0.4, 0.5) is 0 Å². The van der Waals surface area contributed by atoms with Crippen molar-refractivity contribution in [3.05, 3.63) is 0 Å². The standard InChI is InChI=1S/C11H19NO5/c1-4-16-10(14)7-6-9(12-8(3)13)11(15)17-5-2/h9H,4-7H2,1-3H3,(H,12,13)/t9-/m1/s1. The second-order valence-electron chi connectivity index (χ2n) is 3.35. The van der Waals surface area contributed by atoms with Gasteiger partial charge in [0, 0.05) is 13.3 Å². The maximum absolute atomic E-state index is 11.5. The number of nitrogens with one attached hydrogen (secondary N) is 1. The number of hydrogen-bond donors (Lipinski definition) is 1. The van der Waals surface area contributed by atoms with E-state index in [4.69, 9.17) is 9.47 Å². The highest BCUT2D eigenvalue weighted by molar-refractivity contribution is 5.83. The Morgan fingerprint density at radius 3 is 2.18 bits per heavy atom. The normalized spacial score (nSPS) is 11.5. The predicted molar refractivity (Wildman–Crippen MR) is 60.1 cm³/mol. The molecule has 0 bridgehead atoms. The van der Waals surface area contributed by atoms with E-state index in [0.717, 1.165) is 0 Å². The molecule has 1 atom stereocenters. The van der Waals surface area contributed by atoms with Crippen LogP contribution in [0, 0.1) is 0 Å². The van der Waals surface area contributed by atoms with Crippen molar-refractivity contribution in [2.45, 2.75) is 39.7 Å². The van der Waals surface area contributed by atoms with E-state index in [-0.39, 0.29) is 25.4 Å². The number of amides is 1. The van der Waals surface area contributed by atoms with Gasteiger partial charge in [0.2, 0.25) is 5.91 Å². The molecule has 0 heterocycles. The molecule has 0 fully saturated rings. The Labute approximate surface area is 101 Å². The van der Waals surface area contributed by atoms with Gasteiger partial charge in [0.05, 0.1) is 13.2 Å². The molecule has 0 aliphatic heterocycles. The van der Waals surface area contributed by atoms with Crippen molar-refractivity contribution in [1.82, 2.24) is 5.32 Å². The largest absolute Gasteiger partial charge is 0.466 e. The quantitative estimate of drug-likeness (QED) is 0.656. The monoisotopic (exact) mass is 245 g/mol. The van der Waals surface area contributed by atoms with Gasteiger partial charge in [0.1, 0.15) is 6.04 Å². The third-order valence-corrected chi connectivity index (χ3v) is 1.89. The average molecular weight is 245 g/mol. The van der Waals surface area contributed by atoms with E-state index in [2.05, 4.69) is 5.32 Å². The Bertz CT molecular complexity index is 277. The van der Waals surface area contributed by atoms with Gasteiger partial charge in [0.15, 0.2) is 0 Å². The van der Waals surface area contributed by atoms with Crippen LogP contribution in [0.2, 0.25) is 0 Å². The highest BCUT2D eigenvalue weighted by Crippen LogP contribution is 2.02.